The molecule has 0 atom stereocenters. The third-order valence-electron chi connectivity index (χ3n) is 3.01. The van der Waals surface area contributed by atoms with Crippen LogP contribution in [0.15, 0.2) is 30.3 Å². The molecule has 2 aromatic rings. The Morgan fingerprint density at radius 1 is 1.04 bits per heavy atom. The fraction of sp³-hybridized carbons (Fsp3) is 0.125. The fourth-order valence-corrected chi connectivity index (χ4v) is 2.41. The molecular formula is C16H12Cl3FN2O4. The minimum atomic E-state index is -0.843. The summed E-state index contributed by atoms with van der Waals surface area (Å²) in [6.45, 7) is -0.380. The Kier molecular flexibility index (Phi) is 6.90. The number of methoxy groups -OCH3 is 1. The van der Waals surface area contributed by atoms with Gasteiger partial charge in [0.1, 0.15) is 11.6 Å². The number of nitrogens with one attached hydrogen (secondary N) is 2. The first-order chi connectivity index (χ1) is 12.3. The number of anilines is 2. The number of hydrogen-bond acceptors (Lipinski definition) is 4. The predicted octanol–water partition coefficient (Wildman–Crippen LogP) is 4.98. The molecule has 138 valence electrons. The van der Waals surface area contributed by atoms with Crippen molar-refractivity contribution in [1.82, 2.24) is 0 Å². The van der Waals surface area contributed by atoms with Gasteiger partial charge in [-0.1, -0.05) is 34.8 Å². The zero-order chi connectivity index (χ0) is 19.3. The van der Waals surface area contributed by atoms with Crippen LogP contribution in [0.4, 0.5) is 20.6 Å². The van der Waals surface area contributed by atoms with Gasteiger partial charge in [-0.3, -0.25) is 10.1 Å². The summed E-state index contributed by atoms with van der Waals surface area (Å²) in [5, 5.41) is 5.35. The van der Waals surface area contributed by atoms with E-state index in [2.05, 4.69) is 15.4 Å². The van der Waals surface area contributed by atoms with Crippen LogP contribution in [0.1, 0.15) is 0 Å². The van der Waals surface area contributed by atoms with Crippen molar-refractivity contribution in [2.75, 3.05) is 24.4 Å². The van der Waals surface area contributed by atoms with Crippen LogP contribution in [0.5, 0.6) is 5.75 Å². The van der Waals surface area contributed by atoms with Crippen molar-refractivity contribution >= 4 is 58.2 Å². The van der Waals surface area contributed by atoms with Crippen molar-refractivity contribution in [3.05, 3.63) is 51.2 Å². The van der Waals surface area contributed by atoms with E-state index in [1.165, 1.54) is 24.3 Å². The zero-order valence-electron chi connectivity index (χ0n) is 13.2. The van der Waals surface area contributed by atoms with Gasteiger partial charge in [0.15, 0.2) is 6.61 Å². The normalized spacial score (nSPS) is 10.2. The molecule has 2 N–H and O–H groups in total. The lowest BCUT2D eigenvalue weighted by molar-refractivity contribution is -0.118. The molecule has 0 bridgehead atoms. The highest BCUT2D eigenvalue weighted by Gasteiger charge is 2.12. The maximum Gasteiger partial charge on any atom is 0.411 e. The molecule has 0 radical (unpaired) electrons. The fourth-order valence-electron chi connectivity index (χ4n) is 1.82. The van der Waals surface area contributed by atoms with E-state index in [1.807, 2.05) is 0 Å². The van der Waals surface area contributed by atoms with Gasteiger partial charge in [-0.15, -0.1) is 0 Å². The van der Waals surface area contributed by atoms with Crippen molar-refractivity contribution in [3.63, 3.8) is 0 Å². The maximum absolute atomic E-state index is 13.6. The number of amides is 2. The Morgan fingerprint density at radius 2 is 1.73 bits per heavy atom. The molecule has 0 aliphatic carbocycles. The number of carbonyl (C=O) groups is 2. The van der Waals surface area contributed by atoms with Gasteiger partial charge < -0.3 is 14.8 Å². The maximum atomic E-state index is 13.6. The molecule has 0 fully saturated rings. The number of rotatable bonds is 5. The summed E-state index contributed by atoms with van der Waals surface area (Å²) in [7, 11) is 1.14. The molecule has 0 unspecified atom stereocenters. The zero-order valence-corrected chi connectivity index (χ0v) is 15.5. The second-order valence-electron chi connectivity index (χ2n) is 4.84. The molecule has 0 spiro atoms. The van der Waals surface area contributed by atoms with Crippen molar-refractivity contribution < 1.29 is 23.5 Å². The average Bonchev–Trinajstić information content (AvgIpc) is 2.59. The molecule has 26 heavy (non-hydrogen) atoms. The van der Waals surface area contributed by atoms with E-state index in [1.54, 1.807) is 0 Å². The quantitative estimate of drug-likeness (QED) is 0.667. The molecule has 2 rings (SSSR count). The Morgan fingerprint density at radius 3 is 2.42 bits per heavy atom. The topological polar surface area (TPSA) is 76.7 Å². The van der Waals surface area contributed by atoms with Crippen LogP contribution in [-0.4, -0.2) is 25.7 Å². The first-order valence-corrected chi connectivity index (χ1v) is 8.15. The Labute approximate surface area is 163 Å². The minimum Gasteiger partial charge on any atom is -0.482 e. The predicted molar refractivity (Wildman–Crippen MR) is 98.0 cm³/mol. The van der Waals surface area contributed by atoms with Crippen molar-refractivity contribution in [2.45, 2.75) is 0 Å². The molecular weight excluding hydrogens is 410 g/mol. The van der Waals surface area contributed by atoms with Crippen LogP contribution in [-0.2, 0) is 9.53 Å². The summed E-state index contributed by atoms with van der Waals surface area (Å²) in [5.41, 5.74) is 0.0923. The summed E-state index contributed by atoms with van der Waals surface area (Å²) in [5.74, 6) is -1.04. The van der Waals surface area contributed by atoms with Crippen LogP contribution < -0.4 is 15.4 Å². The summed E-state index contributed by atoms with van der Waals surface area (Å²) in [6, 6.07) is 6.41. The van der Waals surface area contributed by atoms with Gasteiger partial charge in [-0.05, 0) is 24.3 Å². The molecule has 0 aliphatic heterocycles. The van der Waals surface area contributed by atoms with Gasteiger partial charge in [0, 0.05) is 11.8 Å². The van der Waals surface area contributed by atoms with Crippen molar-refractivity contribution in [3.8, 4) is 5.75 Å². The van der Waals surface area contributed by atoms with Gasteiger partial charge in [0.25, 0.3) is 5.91 Å². The highest BCUT2D eigenvalue weighted by atomic mass is 35.5. The number of carbonyl (C=O) groups excluding carboxylic acids is 2. The number of hydrogen-bond donors (Lipinski definition) is 2. The Balaban J connectivity index is 2.01. The SMILES string of the molecule is COC(=O)Nc1cc(NC(=O)COc2cc(Cl)c(Cl)cc2Cl)ccc1F. The molecule has 0 aromatic heterocycles. The monoisotopic (exact) mass is 420 g/mol. The number of halogens is 4. The highest BCUT2D eigenvalue weighted by molar-refractivity contribution is 6.43. The third kappa shape index (κ3) is 5.39. The Bertz CT molecular complexity index is 848. The van der Waals surface area contributed by atoms with Gasteiger partial charge in [0.05, 0.1) is 27.9 Å². The van der Waals surface area contributed by atoms with Crippen LogP contribution in [0.25, 0.3) is 0 Å². The van der Waals surface area contributed by atoms with E-state index in [0.717, 1.165) is 13.2 Å². The lowest BCUT2D eigenvalue weighted by Crippen LogP contribution is -2.20. The van der Waals surface area contributed by atoms with E-state index < -0.39 is 17.8 Å². The second-order valence-corrected chi connectivity index (χ2v) is 6.07. The summed E-state index contributed by atoms with van der Waals surface area (Å²) >= 11 is 17.6. The largest absolute Gasteiger partial charge is 0.482 e. The van der Waals surface area contributed by atoms with Crippen LogP contribution >= 0.6 is 34.8 Å². The smallest absolute Gasteiger partial charge is 0.411 e. The van der Waals surface area contributed by atoms with Crippen LogP contribution in [0.2, 0.25) is 15.1 Å². The first kappa shape index (κ1) is 20.1. The summed E-state index contributed by atoms with van der Waals surface area (Å²) in [6.07, 6.45) is -0.843. The van der Waals surface area contributed by atoms with Gasteiger partial charge in [-0.2, -0.15) is 0 Å². The van der Waals surface area contributed by atoms with E-state index >= 15 is 0 Å². The van der Waals surface area contributed by atoms with Crippen molar-refractivity contribution in [1.29, 1.82) is 0 Å². The highest BCUT2D eigenvalue weighted by Crippen LogP contribution is 2.33. The molecule has 2 amide bonds. The molecule has 6 nitrogen and oxygen atoms in total. The summed E-state index contributed by atoms with van der Waals surface area (Å²) < 4.78 is 23.3. The molecule has 0 heterocycles. The lowest BCUT2D eigenvalue weighted by atomic mass is 10.2. The van der Waals surface area contributed by atoms with Gasteiger partial charge in [0.2, 0.25) is 0 Å². The average molecular weight is 422 g/mol. The van der Waals surface area contributed by atoms with Gasteiger partial charge in [-0.25, -0.2) is 9.18 Å². The first-order valence-electron chi connectivity index (χ1n) is 7.02. The molecule has 0 saturated heterocycles. The van der Waals surface area contributed by atoms with E-state index in [0.29, 0.717) is 0 Å². The van der Waals surface area contributed by atoms with E-state index in [-0.39, 0.29) is 38.8 Å². The standard InChI is InChI=1S/C16H12Cl3FN2O4/c1-25-16(24)22-13-4-8(2-3-12(13)20)21-15(23)7-26-14-6-10(18)9(17)5-11(14)19/h2-6H,7H2,1H3,(H,21,23)(H,22,24). The third-order valence-corrected chi connectivity index (χ3v) is 4.02. The molecule has 0 saturated carbocycles. The van der Waals surface area contributed by atoms with Crippen LogP contribution in [0, 0.1) is 5.82 Å². The molecule has 2 aromatic carbocycles. The van der Waals surface area contributed by atoms with Crippen LogP contribution in [0.3, 0.4) is 0 Å². The molecule has 0 aliphatic rings. The Hall–Kier alpha value is -2.22. The van der Waals surface area contributed by atoms with E-state index in [9.17, 15) is 14.0 Å². The minimum absolute atomic E-state index is 0.150. The summed E-state index contributed by atoms with van der Waals surface area (Å²) in [4.78, 5) is 23.1. The number of ether oxygens (including phenoxy) is 2. The van der Waals surface area contributed by atoms with E-state index in [4.69, 9.17) is 39.5 Å². The second kappa shape index (κ2) is 8.93. The van der Waals surface area contributed by atoms with Gasteiger partial charge >= 0.3 is 6.09 Å². The van der Waals surface area contributed by atoms with Crippen molar-refractivity contribution in [2.24, 2.45) is 0 Å². The lowest BCUT2D eigenvalue weighted by Gasteiger charge is -2.11. The molecule has 10 heteroatoms. The number of benzene rings is 2.